The normalized spacial score (nSPS) is 15.0. The number of amides is 4. The summed E-state index contributed by atoms with van der Waals surface area (Å²) in [4.78, 5) is 37.7. The minimum absolute atomic E-state index is 0.00692. The predicted octanol–water partition coefficient (Wildman–Crippen LogP) is 0.883. The molecule has 2 aromatic rings. The standard InChI is InChI=1S/C20H20N4O7S/c1-30-16-8-3-12(10-17(16)31-2)9-15-19(26)24(20(27)23-15)11-18(25)22-13-4-6-14(7-5-13)32(21,28)29/h3-10H,11H2,1-2H3,(H,22,25)(H,23,27)(H2,21,28,29)/b15-9-. The summed E-state index contributed by atoms with van der Waals surface area (Å²) in [6.07, 6.45) is 1.45. The van der Waals surface area contributed by atoms with Gasteiger partial charge < -0.3 is 20.1 Å². The minimum atomic E-state index is -3.86. The van der Waals surface area contributed by atoms with Crippen LogP contribution in [0.15, 0.2) is 53.1 Å². The number of primary sulfonamides is 1. The van der Waals surface area contributed by atoms with Crippen LogP contribution in [0.3, 0.4) is 0 Å². The van der Waals surface area contributed by atoms with Crippen LogP contribution in [0.5, 0.6) is 11.5 Å². The van der Waals surface area contributed by atoms with Gasteiger partial charge in [0.15, 0.2) is 11.5 Å². The molecule has 0 bridgehead atoms. The van der Waals surface area contributed by atoms with Gasteiger partial charge in [0, 0.05) is 5.69 Å². The van der Waals surface area contributed by atoms with Gasteiger partial charge in [-0.1, -0.05) is 6.07 Å². The number of nitrogens with two attached hydrogens (primary N) is 1. The van der Waals surface area contributed by atoms with Crippen molar-refractivity contribution in [3.8, 4) is 11.5 Å². The van der Waals surface area contributed by atoms with E-state index in [1.54, 1.807) is 18.2 Å². The number of sulfonamides is 1. The molecular weight excluding hydrogens is 440 g/mol. The van der Waals surface area contributed by atoms with Gasteiger partial charge in [0.05, 0.1) is 19.1 Å². The Morgan fingerprint density at radius 3 is 2.34 bits per heavy atom. The van der Waals surface area contributed by atoms with E-state index < -0.39 is 34.4 Å². The fraction of sp³-hybridized carbons (Fsp3) is 0.150. The Labute approximate surface area is 183 Å². The second-order valence-corrected chi connectivity index (χ2v) is 8.17. The predicted molar refractivity (Wildman–Crippen MR) is 114 cm³/mol. The number of ether oxygens (including phenoxy) is 2. The van der Waals surface area contributed by atoms with Crippen LogP contribution < -0.4 is 25.2 Å². The van der Waals surface area contributed by atoms with Gasteiger partial charge in [-0.25, -0.2) is 23.3 Å². The molecule has 168 valence electrons. The lowest BCUT2D eigenvalue weighted by Crippen LogP contribution is -2.38. The number of benzene rings is 2. The highest BCUT2D eigenvalue weighted by Gasteiger charge is 2.35. The van der Waals surface area contributed by atoms with E-state index in [1.165, 1.54) is 44.6 Å². The van der Waals surface area contributed by atoms with Crippen LogP contribution in [0.25, 0.3) is 6.08 Å². The van der Waals surface area contributed by atoms with Gasteiger partial charge in [-0.2, -0.15) is 0 Å². The molecule has 0 atom stereocenters. The molecule has 0 saturated carbocycles. The Bertz CT molecular complexity index is 1210. The second-order valence-electron chi connectivity index (χ2n) is 6.61. The largest absolute Gasteiger partial charge is 0.493 e. The molecule has 0 radical (unpaired) electrons. The van der Waals surface area contributed by atoms with E-state index in [-0.39, 0.29) is 16.3 Å². The molecule has 1 saturated heterocycles. The first-order valence-electron chi connectivity index (χ1n) is 9.11. The Kier molecular flexibility index (Phi) is 6.46. The summed E-state index contributed by atoms with van der Waals surface area (Å²) >= 11 is 0. The number of urea groups is 1. The fourth-order valence-corrected chi connectivity index (χ4v) is 3.41. The lowest BCUT2D eigenvalue weighted by molar-refractivity contribution is -0.127. The van der Waals surface area contributed by atoms with E-state index in [9.17, 15) is 22.8 Å². The molecule has 4 N–H and O–H groups in total. The zero-order valence-electron chi connectivity index (χ0n) is 17.1. The molecule has 1 aliphatic heterocycles. The lowest BCUT2D eigenvalue weighted by Gasteiger charge is -2.12. The molecule has 0 aliphatic carbocycles. The average molecular weight is 460 g/mol. The van der Waals surface area contributed by atoms with E-state index in [0.717, 1.165) is 4.90 Å². The van der Waals surface area contributed by atoms with Crippen LogP contribution in [0.4, 0.5) is 10.5 Å². The van der Waals surface area contributed by atoms with Gasteiger partial charge in [0.2, 0.25) is 15.9 Å². The Hall–Kier alpha value is -3.90. The number of nitrogens with zero attached hydrogens (tertiary/aromatic N) is 1. The summed E-state index contributed by atoms with van der Waals surface area (Å²) in [7, 11) is -0.895. The molecule has 1 aliphatic rings. The minimum Gasteiger partial charge on any atom is -0.493 e. The Balaban J connectivity index is 1.69. The number of rotatable bonds is 7. The van der Waals surface area contributed by atoms with Crippen molar-refractivity contribution in [2.24, 2.45) is 5.14 Å². The summed E-state index contributed by atoms with van der Waals surface area (Å²) in [5.41, 5.74) is 0.843. The van der Waals surface area contributed by atoms with E-state index in [2.05, 4.69) is 10.6 Å². The first-order valence-corrected chi connectivity index (χ1v) is 10.7. The van der Waals surface area contributed by atoms with E-state index in [0.29, 0.717) is 17.1 Å². The number of methoxy groups -OCH3 is 2. The first kappa shape index (κ1) is 22.8. The zero-order valence-corrected chi connectivity index (χ0v) is 17.9. The lowest BCUT2D eigenvalue weighted by atomic mass is 10.1. The van der Waals surface area contributed by atoms with Crippen molar-refractivity contribution in [3.05, 3.63) is 53.7 Å². The number of hydrogen-bond acceptors (Lipinski definition) is 7. The molecule has 3 rings (SSSR count). The maximum absolute atomic E-state index is 12.6. The topological polar surface area (TPSA) is 157 Å². The number of imide groups is 1. The van der Waals surface area contributed by atoms with E-state index >= 15 is 0 Å². The third kappa shape index (κ3) is 5.04. The molecule has 1 fully saturated rings. The number of hydrogen-bond donors (Lipinski definition) is 3. The summed E-state index contributed by atoms with van der Waals surface area (Å²) in [6.45, 7) is -0.537. The van der Waals surface area contributed by atoms with Crippen molar-refractivity contribution < 1.29 is 32.3 Å². The smallest absolute Gasteiger partial charge is 0.329 e. The van der Waals surface area contributed by atoms with Crippen molar-refractivity contribution in [1.29, 1.82) is 0 Å². The van der Waals surface area contributed by atoms with Crippen LogP contribution in [0, 0.1) is 0 Å². The van der Waals surface area contributed by atoms with Gasteiger partial charge >= 0.3 is 6.03 Å². The molecule has 0 unspecified atom stereocenters. The molecule has 2 aromatic carbocycles. The van der Waals surface area contributed by atoms with Gasteiger partial charge in [-0.15, -0.1) is 0 Å². The molecule has 0 aromatic heterocycles. The first-order chi connectivity index (χ1) is 15.1. The Morgan fingerprint density at radius 1 is 1.09 bits per heavy atom. The summed E-state index contributed by atoms with van der Waals surface area (Å²) < 4.78 is 32.9. The Morgan fingerprint density at radius 2 is 1.75 bits per heavy atom. The van der Waals surface area contributed by atoms with Crippen LogP contribution in [0.2, 0.25) is 0 Å². The highest BCUT2D eigenvalue weighted by Crippen LogP contribution is 2.28. The SMILES string of the molecule is COc1ccc(/C=C2\NC(=O)N(CC(=O)Nc3ccc(S(N)(=O)=O)cc3)C2=O)cc1OC. The third-order valence-electron chi connectivity index (χ3n) is 4.45. The van der Waals surface area contributed by atoms with E-state index in [1.807, 2.05) is 0 Å². The highest BCUT2D eigenvalue weighted by atomic mass is 32.2. The molecule has 32 heavy (non-hydrogen) atoms. The monoisotopic (exact) mass is 460 g/mol. The molecule has 12 heteroatoms. The highest BCUT2D eigenvalue weighted by molar-refractivity contribution is 7.89. The number of nitrogens with one attached hydrogen (secondary N) is 2. The van der Waals surface area contributed by atoms with E-state index in [4.69, 9.17) is 14.6 Å². The molecule has 11 nitrogen and oxygen atoms in total. The van der Waals surface area contributed by atoms with Crippen molar-refractivity contribution in [2.75, 3.05) is 26.1 Å². The van der Waals surface area contributed by atoms with Gasteiger partial charge in [-0.3, -0.25) is 9.59 Å². The molecule has 0 spiro atoms. The molecule has 1 heterocycles. The van der Waals surface area contributed by atoms with Gasteiger partial charge in [0.1, 0.15) is 12.2 Å². The average Bonchev–Trinajstić information content (AvgIpc) is 3.00. The second kappa shape index (κ2) is 9.08. The summed E-state index contributed by atoms with van der Waals surface area (Å²) in [5.74, 6) is -0.371. The van der Waals surface area contributed by atoms with Gasteiger partial charge in [0.25, 0.3) is 5.91 Å². The number of carbonyl (C=O) groups excluding carboxylic acids is 3. The van der Waals surface area contributed by atoms with Crippen LogP contribution in [-0.2, 0) is 19.6 Å². The van der Waals surface area contributed by atoms with Gasteiger partial charge in [-0.05, 0) is 48.0 Å². The van der Waals surface area contributed by atoms with Crippen molar-refractivity contribution >= 4 is 39.6 Å². The molecule has 4 amide bonds. The van der Waals surface area contributed by atoms with Crippen molar-refractivity contribution in [1.82, 2.24) is 10.2 Å². The number of anilines is 1. The summed E-state index contributed by atoms with van der Waals surface area (Å²) in [5, 5.41) is 9.93. The van der Waals surface area contributed by atoms with Crippen molar-refractivity contribution in [3.63, 3.8) is 0 Å². The van der Waals surface area contributed by atoms with Crippen molar-refractivity contribution in [2.45, 2.75) is 4.90 Å². The fourth-order valence-electron chi connectivity index (χ4n) is 2.90. The van der Waals surface area contributed by atoms with Crippen LogP contribution >= 0.6 is 0 Å². The maximum Gasteiger partial charge on any atom is 0.329 e. The van der Waals surface area contributed by atoms with Crippen LogP contribution in [-0.4, -0.2) is 51.9 Å². The quantitative estimate of drug-likeness (QED) is 0.409. The number of carbonyl (C=O) groups is 3. The zero-order chi connectivity index (χ0) is 23.5. The maximum atomic E-state index is 12.6. The summed E-state index contributed by atoms with van der Waals surface area (Å²) in [6, 6.07) is 9.34. The molecular formula is C20H20N4O7S. The third-order valence-corrected chi connectivity index (χ3v) is 5.38. The van der Waals surface area contributed by atoms with Crippen LogP contribution in [0.1, 0.15) is 5.56 Å².